The Morgan fingerprint density at radius 2 is 1.76 bits per heavy atom. The highest BCUT2D eigenvalue weighted by Crippen LogP contribution is 2.26. The van der Waals surface area contributed by atoms with Crippen LogP contribution < -0.4 is 14.8 Å². The van der Waals surface area contributed by atoms with Gasteiger partial charge in [0.2, 0.25) is 0 Å². The molecule has 2 aromatic rings. The van der Waals surface area contributed by atoms with Gasteiger partial charge in [-0.05, 0) is 49.2 Å². The summed E-state index contributed by atoms with van der Waals surface area (Å²) in [6.07, 6.45) is 1.75. The number of ether oxygens (including phenoxy) is 3. The number of carbonyl (C=O) groups is 1. The van der Waals surface area contributed by atoms with Crippen LogP contribution in [0, 0.1) is 0 Å². The first-order chi connectivity index (χ1) is 12.2. The number of hydrogen-bond donors (Lipinski definition) is 1. The molecule has 25 heavy (non-hydrogen) atoms. The molecular formula is C19H22ClNO4. The molecule has 0 heterocycles. The van der Waals surface area contributed by atoms with Crippen molar-refractivity contribution in [3.8, 4) is 11.5 Å². The second kappa shape index (κ2) is 9.79. The smallest absolute Gasteiger partial charge is 0.340 e. The first-order valence-electron chi connectivity index (χ1n) is 8.03. The van der Waals surface area contributed by atoms with Crippen molar-refractivity contribution in [3.05, 3.63) is 53.1 Å². The van der Waals surface area contributed by atoms with E-state index in [2.05, 4.69) is 5.32 Å². The van der Waals surface area contributed by atoms with E-state index in [9.17, 15) is 4.79 Å². The molecule has 0 saturated carbocycles. The van der Waals surface area contributed by atoms with Crippen LogP contribution in [0.3, 0.4) is 0 Å². The largest absolute Gasteiger partial charge is 0.497 e. The molecule has 134 valence electrons. The zero-order chi connectivity index (χ0) is 18.1. The average Bonchev–Trinajstić information content (AvgIpc) is 2.65. The van der Waals surface area contributed by atoms with Crippen LogP contribution in [-0.2, 0) is 4.74 Å². The molecule has 0 bridgehead atoms. The Kier molecular flexibility index (Phi) is 7.41. The first-order valence-corrected chi connectivity index (χ1v) is 8.41. The molecule has 0 aliphatic carbocycles. The van der Waals surface area contributed by atoms with Gasteiger partial charge in [-0.1, -0.05) is 17.7 Å². The highest BCUT2D eigenvalue weighted by molar-refractivity contribution is 6.34. The molecule has 0 fully saturated rings. The van der Waals surface area contributed by atoms with E-state index < -0.39 is 5.97 Å². The standard InChI is InChI=1S/C19H22ClNO4/c1-23-14-8-10-15(11-9-14)25-13-4-3-12-21-18-16(19(22)24-2)6-5-7-17(18)20/h5-11,21H,3-4,12-13H2,1-2H3. The van der Waals surface area contributed by atoms with Crippen LogP contribution in [0.4, 0.5) is 5.69 Å². The predicted octanol–water partition coefficient (Wildman–Crippen LogP) is 4.41. The van der Waals surface area contributed by atoms with Gasteiger partial charge < -0.3 is 19.5 Å². The second-order valence-corrected chi connectivity index (χ2v) is 5.72. The van der Waals surface area contributed by atoms with Crippen molar-refractivity contribution in [2.24, 2.45) is 0 Å². The molecule has 0 saturated heterocycles. The maximum atomic E-state index is 11.8. The lowest BCUT2D eigenvalue weighted by Gasteiger charge is -2.12. The van der Waals surface area contributed by atoms with Crippen LogP contribution in [0.5, 0.6) is 11.5 Å². The Labute approximate surface area is 152 Å². The van der Waals surface area contributed by atoms with E-state index >= 15 is 0 Å². The maximum absolute atomic E-state index is 11.8. The van der Waals surface area contributed by atoms with E-state index in [-0.39, 0.29) is 0 Å². The summed E-state index contributed by atoms with van der Waals surface area (Å²) in [5.74, 6) is 1.21. The number of halogens is 1. The van der Waals surface area contributed by atoms with E-state index in [4.69, 9.17) is 25.8 Å². The minimum absolute atomic E-state index is 0.409. The zero-order valence-corrected chi connectivity index (χ0v) is 15.1. The molecule has 0 atom stereocenters. The molecule has 0 spiro atoms. The second-order valence-electron chi connectivity index (χ2n) is 5.31. The van der Waals surface area contributed by atoms with E-state index in [1.54, 1.807) is 25.3 Å². The molecule has 2 rings (SSSR count). The van der Waals surface area contributed by atoms with Crippen LogP contribution in [-0.4, -0.2) is 33.3 Å². The van der Waals surface area contributed by atoms with Gasteiger partial charge in [-0.25, -0.2) is 4.79 Å². The topological polar surface area (TPSA) is 56.8 Å². The third kappa shape index (κ3) is 5.57. The fraction of sp³-hybridized carbons (Fsp3) is 0.316. The molecule has 0 radical (unpaired) electrons. The SMILES string of the molecule is COC(=O)c1cccc(Cl)c1NCCCCOc1ccc(OC)cc1. The number of benzene rings is 2. The molecule has 0 amide bonds. The highest BCUT2D eigenvalue weighted by Gasteiger charge is 2.13. The van der Waals surface area contributed by atoms with Crippen molar-refractivity contribution >= 4 is 23.3 Å². The predicted molar refractivity (Wildman–Crippen MR) is 99.0 cm³/mol. The summed E-state index contributed by atoms with van der Waals surface area (Å²) in [7, 11) is 2.98. The summed E-state index contributed by atoms with van der Waals surface area (Å²) in [6.45, 7) is 1.29. The minimum atomic E-state index is -0.409. The highest BCUT2D eigenvalue weighted by atomic mass is 35.5. The van der Waals surface area contributed by atoms with Gasteiger partial charge in [0.25, 0.3) is 0 Å². The zero-order valence-electron chi connectivity index (χ0n) is 14.4. The molecule has 0 unspecified atom stereocenters. The van der Waals surface area contributed by atoms with Crippen molar-refractivity contribution in [2.45, 2.75) is 12.8 Å². The number of hydrogen-bond acceptors (Lipinski definition) is 5. The summed E-state index contributed by atoms with van der Waals surface area (Å²) in [6, 6.07) is 12.6. The molecule has 0 aromatic heterocycles. The number of carbonyl (C=O) groups excluding carboxylic acids is 1. The van der Waals surface area contributed by atoms with Gasteiger partial charge in [0, 0.05) is 6.54 Å². The normalized spacial score (nSPS) is 10.2. The molecule has 2 aromatic carbocycles. The third-order valence-corrected chi connectivity index (χ3v) is 3.93. The van der Waals surface area contributed by atoms with E-state index in [0.717, 1.165) is 24.3 Å². The molecule has 0 aliphatic heterocycles. The summed E-state index contributed by atoms with van der Waals surface area (Å²) in [4.78, 5) is 11.8. The first kappa shape index (κ1) is 18.9. The van der Waals surface area contributed by atoms with Crippen LogP contribution in [0.1, 0.15) is 23.2 Å². The molecule has 6 heteroatoms. The van der Waals surface area contributed by atoms with Crippen LogP contribution in [0.15, 0.2) is 42.5 Å². The molecular weight excluding hydrogens is 342 g/mol. The van der Waals surface area contributed by atoms with Gasteiger partial charge in [0.15, 0.2) is 0 Å². The lowest BCUT2D eigenvalue weighted by molar-refractivity contribution is 0.0602. The van der Waals surface area contributed by atoms with Gasteiger partial charge in [-0.2, -0.15) is 0 Å². The maximum Gasteiger partial charge on any atom is 0.340 e. The average molecular weight is 364 g/mol. The van der Waals surface area contributed by atoms with Crippen molar-refractivity contribution in [1.29, 1.82) is 0 Å². The molecule has 0 aliphatic rings. The summed E-state index contributed by atoms with van der Waals surface area (Å²) >= 11 is 6.17. The van der Waals surface area contributed by atoms with Gasteiger partial charge in [0.05, 0.1) is 37.1 Å². The van der Waals surface area contributed by atoms with Crippen molar-refractivity contribution < 1.29 is 19.0 Å². The quantitative estimate of drug-likeness (QED) is 0.528. The van der Waals surface area contributed by atoms with Gasteiger partial charge >= 0.3 is 5.97 Å². The van der Waals surface area contributed by atoms with Crippen molar-refractivity contribution in [2.75, 3.05) is 32.7 Å². The van der Waals surface area contributed by atoms with Crippen molar-refractivity contribution in [3.63, 3.8) is 0 Å². The lowest BCUT2D eigenvalue weighted by atomic mass is 10.1. The van der Waals surface area contributed by atoms with Gasteiger partial charge in [-0.3, -0.25) is 0 Å². The fourth-order valence-electron chi connectivity index (χ4n) is 2.29. The lowest BCUT2D eigenvalue weighted by Crippen LogP contribution is -2.10. The molecule has 1 N–H and O–H groups in total. The number of nitrogens with one attached hydrogen (secondary N) is 1. The van der Waals surface area contributed by atoms with Crippen LogP contribution in [0.2, 0.25) is 5.02 Å². The Morgan fingerprint density at radius 3 is 2.44 bits per heavy atom. The van der Waals surface area contributed by atoms with Crippen LogP contribution in [0.25, 0.3) is 0 Å². The fourth-order valence-corrected chi connectivity index (χ4v) is 2.53. The van der Waals surface area contributed by atoms with Crippen molar-refractivity contribution in [1.82, 2.24) is 0 Å². The number of unbranched alkanes of at least 4 members (excludes halogenated alkanes) is 1. The summed E-state index contributed by atoms with van der Waals surface area (Å²) in [5.41, 5.74) is 1.04. The van der Waals surface area contributed by atoms with E-state index in [0.29, 0.717) is 29.4 Å². The Balaban J connectivity index is 1.75. The number of para-hydroxylation sites is 1. The van der Waals surface area contributed by atoms with E-state index in [1.807, 2.05) is 24.3 Å². The number of rotatable bonds is 9. The van der Waals surface area contributed by atoms with Crippen LogP contribution >= 0.6 is 11.6 Å². The number of methoxy groups -OCH3 is 2. The monoisotopic (exact) mass is 363 g/mol. The minimum Gasteiger partial charge on any atom is -0.497 e. The van der Waals surface area contributed by atoms with Gasteiger partial charge in [0.1, 0.15) is 11.5 Å². The Hall–Kier alpha value is -2.40. The van der Waals surface area contributed by atoms with E-state index in [1.165, 1.54) is 7.11 Å². The Bertz CT molecular complexity index is 688. The number of anilines is 1. The third-order valence-electron chi connectivity index (χ3n) is 3.62. The molecule has 5 nitrogen and oxygen atoms in total. The van der Waals surface area contributed by atoms with Gasteiger partial charge in [-0.15, -0.1) is 0 Å². The summed E-state index contributed by atoms with van der Waals surface area (Å²) < 4.78 is 15.6. The summed E-state index contributed by atoms with van der Waals surface area (Å²) in [5, 5.41) is 3.70. The Morgan fingerprint density at radius 1 is 1.04 bits per heavy atom. The number of esters is 1.